The fourth-order valence-electron chi connectivity index (χ4n) is 4.67. The number of nitrogens with zero attached hydrogens (tertiary/aromatic N) is 2. The second-order valence-corrected chi connectivity index (χ2v) is 8.49. The van der Waals surface area contributed by atoms with Crippen molar-refractivity contribution in [1.82, 2.24) is 15.4 Å². The van der Waals surface area contributed by atoms with Crippen molar-refractivity contribution in [3.8, 4) is 17.0 Å². The standard InChI is InChI=1S/C26H31N3O3/c1-3-27-25(30)26(17-22-16-23(28-32-22)20-10-5-4-6-11-20)14-9-15-29(19-26)18-21-12-7-8-13-24(21)31-2/h4-8,10-13,16H,3,9,14-15,17-19H2,1-2H3,(H,27,30). The summed E-state index contributed by atoms with van der Waals surface area (Å²) in [6.45, 7) is 4.93. The zero-order chi connectivity index (χ0) is 22.4. The number of para-hydroxylation sites is 1. The SMILES string of the molecule is CCNC(=O)C1(Cc2cc(-c3ccccc3)no2)CCCN(Cc2ccccc2OC)C1. The molecule has 1 aliphatic rings. The van der Waals surface area contributed by atoms with Gasteiger partial charge >= 0.3 is 0 Å². The van der Waals surface area contributed by atoms with E-state index in [-0.39, 0.29) is 5.91 Å². The van der Waals surface area contributed by atoms with Crippen LogP contribution in [0.4, 0.5) is 0 Å². The average Bonchev–Trinajstić information content (AvgIpc) is 3.28. The van der Waals surface area contributed by atoms with Gasteiger partial charge in [-0.05, 0) is 32.4 Å². The van der Waals surface area contributed by atoms with Crippen LogP contribution in [-0.2, 0) is 17.8 Å². The van der Waals surface area contributed by atoms with Crippen molar-refractivity contribution in [3.63, 3.8) is 0 Å². The van der Waals surface area contributed by atoms with E-state index in [1.165, 1.54) is 0 Å². The smallest absolute Gasteiger partial charge is 0.227 e. The number of piperidine rings is 1. The van der Waals surface area contributed by atoms with E-state index in [0.717, 1.165) is 54.3 Å². The summed E-state index contributed by atoms with van der Waals surface area (Å²) in [6, 6.07) is 20.0. The van der Waals surface area contributed by atoms with Crippen molar-refractivity contribution in [2.24, 2.45) is 5.41 Å². The number of aromatic nitrogens is 1. The van der Waals surface area contributed by atoms with Crippen LogP contribution in [0.3, 0.4) is 0 Å². The maximum Gasteiger partial charge on any atom is 0.227 e. The Morgan fingerprint density at radius 2 is 1.97 bits per heavy atom. The molecule has 0 bridgehead atoms. The molecule has 3 aromatic rings. The lowest BCUT2D eigenvalue weighted by atomic mass is 9.75. The number of nitrogens with one attached hydrogen (secondary N) is 1. The van der Waals surface area contributed by atoms with Gasteiger partial charge in [-0.2, -0.15) is 0 Å². The number of hydrogen-bond donors (Lipinski definition) is 1. The highest BCUT2D eigenvalue weighted by molar-refractivity contribution is 5.83. The minimum atomic E-state index is -0.552. The molecule has 2 aromatic carbocycles. The Morgan fingerprint density at radius 1 is 1.19 bits per heavy atom. The number of methoxy groups -OCH3 is 1. The van der Waals surface area contributed by atoms with Crippen molar-refractivity contribution in [2.75, 3.05) is 26.7 Å². The molecule has 1 unspecified atom stereocenters. The Kier molecular flexibility index (Phi) is 6.90. The van der Waals surface area contributed by atoms with Gasteiger partial charge < -0.3 is 14.6 Å². The number of likely N-dealkylation sites (tertiary alicyclic amines) is 1. The van der Waals surface area contributed by atoms with E-state index < -0.39 is 5.41 Å². The third kappa shape index (κ3) is 4.86. The number of amides is 1. The summed E-state index contributed by atoms with van der Waals surface area (Å²) in [5.74, 6) is 1.71. The Hall–Kier alpha value is -3.12. The summed E-state index contributed by atoms with van der Waals surface area (Å²) in [5.41, 5.74) is 2.39. The van der Waals surface area contributed by atoms with Crippen LogP contribution in [0.5, 0.6) is 5.75 Å². The first kappa shape index (κ1) is 22.1. The monoisotopic (exact) mass is 433 g/mol. The summed E-state index contributed by atoms with van der Waals surface area (Å²) in [7, 11) is 1.70. The van der Waals surface area contributed by atoms with Gasteiger partial charge in [0, 0.05) is 43.2 Å². The van der Waals surface area contributed by atoms with Gasteiger partial charge in [0.15, 0.2) is 0 Å². The summed E-state index contributed by atoms with van der Waals surface area (Å²) in [4.78, 5) is 15.7. The van der Waals surface area contributed by atoms with Crippen molar-refractivity contribution >= 4 is 5.91 Å². The van der Waals surface area contributed by atoms with Crippen molar-refractivity contribution in [2.45, 2.75) is 32.7 Å². The van der Waals surface area contributed by atoms with Gasteiger partial charge in [0.1, 0.15) is 17.2 Å². The second-order valence-electron chi connectivity index (χ2n) is 8.49. The second kappa shape index (κ2) is 10.0. The van der Waals surface area contributed by atoms with Crippen molar-refractivity contribution < 1.29 is 14.1 Å². The average molecular weight is 434 g/mol. The van der Waals surface area contributed by atoms with E-state index in [1.807, 2.05) is 61.5 Å². The van der Waals surface area contributed by atoms with Crippen LogP contribution >= 0.6 is 0 Å². The van der Waals surface area contributed by atoms with E-state index >= 15 is 0 Å². The fraction of sp³-hybridized carbons (Fsp3) is 0.385. The van der Waals surface area contributed by atoms with Gasteiger partial charge in [-0.25, -0.2) is 0 Å². The molecule has 2 heterocycles. The third-order valence-electron chi connectivity index (χ3n) is 6.20. The fourth-order valence-corrected chi connectivity index (χ4v) is 4.67. The zero-order valence-corrected chi connectivity index (χ0v) is 18.8. The molecule has 1 aliphatic heterocycles. The summed E-state index contributed by atoms with van der Waals surface area (Å²) in [6.07, 6.45) is 2.30. The van der Waals surface area contributed by atoms with Gasteiger partial charge in [0.05, 0.1) is 12.5 Å². The summed E-state index contributed by atoms with van der Waals surface area (Å²) >= 11 is 0. The van der Waals surface area contributed by atoms with Crippen LogP contribution in [0, 0.1) is 5.41 Å². The van der Waals surface area contributed by atoms with Crippen LogP contribution in [0.2, 0.25) is 0 Å². The first-order valence-electron chi connectivity index (χ1n) is 11.3. The highest BCUT2D eigenvalue weighted by atomic mass is 16.5. The molecule has 1 saturated heterocycles. The molecule has 0 saturated carbocycles. The molecule has 1 fully saturated rings. The molecule has 0 spiro atoms. The highest BCUT2D eigenvalue weighted by Gasteiger charge is 2.43. The van der Waals surface area contributed by atoms with Crippen LogP contribution in [0.25, 0.3) is 11.3 Å². The van der Waals surface area contributed by atoms with E-state index in [1.54, 1.807) is 7.11 Å². The van der Waals surface area contributed by atoms with Crippen LogP contribution < -0.4 is 10.1 Å². The molecule has 6 heteroatoms. The topological polar surface area (TPSA) is 67.6 Å². The number of rotatable bonds is 8. The number of carbonyl (C=O) groups is 1. The first-order valence-corrected chi connectivity index (χ1v) is 11.3. The lowest BCUT2D eigenvalue weighted by Crippen LogP contribution is -2.52. The number of carbonyl (C=O) groups excluding carboxylic acids is 1. The van der Waals surface area contributed by atoms with Gasteiger partial charge in [0.25, 0.3) is 0 Å². The number of benzene rings is 2. The van der Waals surface area contributed by atoms with E-state index in [0.29, 0.717) is 19.5 Å². The third-order valence-corrected chi connectivity index (χ3v) is 6.20. The molecule has 0 aliphatic carbocycles. The van der Waals surface area contributed by atoms with Gasteiger partial charge in [-0.15, -0.1) is 0 Å². The Balaban J connectivity index is 1.56. The Labute approximate surface area is 189 Å². The van der Waals surface area contributed by atoms with Crippen molar-refractivity contribution in [1.29, 1.82) is 0 Å². The van der Waals surface area contributed by atoms with Crippen molar-refractivity contribution in [3.05, 3.63) is 72.0 Å². The molecule has 0 radical (unpaired) electrons. The summed E-state index contributed by atoms with van der Waals surface area (Å²) in [5, 5.41) is 7.33. The van der Waals surface area contributed by atoms with Crippen LogP contribution in [-0.4, -0.2) is 42.7 Å². The highest BCUT2D eigenvalue weighted by Crippen LogP contribution is 2.36. The minimum absolute atomic E-state index is 0.0855. The first-order chi connectivity index (χ1) is 15.6. The maximum absolute atomic E-state index is 13.3. The predicted molar refractivity (Wildman–Crippen MR) is 124 cm³/mol. The molecule has 1 atom stereocenters. The maximum atomic E-state index is 13.3. The molecule has 168 valence electrons. The molecule has 1 amide bonds. The molecule has 4 rings (SSSR count). The minimum Gasteiger partial charge on any atom is -0.496 e. The normalized spacial score (nSPS) is 18.9. The molecular weight excluding hydrogens is 402 g/mol. The number of hydrogen-bond acceptors (Lipinski definition) is 5. The van der Waals surface area contributed by atoms with Crippen LogP contribution in [0.1, 0.15) is 31.1 Å². The van der Waals surface area contributed by atoms with Gasteiger partial charge in [-0.1, -0.05) is 53.7 Å². The summed E-state index contributed by atoms with van der Waals surface area (Å²) < 4.78 is 11.2. The Bertz CT molecular complexity index is 1030. The quantitative estimate of drug-likeness (QED) is 0.573. The Morgan fingerprint density at radius 3 is 2.75 bits per heavy atom. The molecule has 1 N–H and O–H groups in total. The number of ether oxygens (including phenoxy) is 1. The molecule has 32 heavy (non-hydrogen) atoms. The lowest BCUT2D eigenvalue weighted by Gasteiger charge is -2.41. The van der Waals surface area contributed by atoms with E-state index in [2.05, 4.69) is 21.4 Å². The molecular formula is C26H31N3O3. The van der Waals surface area contributed by atoms with E-state index in [4.69, 9.17) is 9.26 Å². The van der Waals surface area contributed by atoms with Gasteiger partial charge in [0.2, 0.25) is 5.91 Å². The largest absolute Gasteiger partial charge is 0.496 e. The zero-order valence-electron chi connectivity index (χ0n) is 18.8. The van der Waals surface area contributed by atoms with Gasteiger partial charge in [-0.3, -0.25) is 9.69 Å². The van der Waals surface area contributed by atoms with Crippen LogP contribution in [0.15, 0.2) is 65.2 Å². The lowest BCUT2D eigenvalue weighted by molar-refractivity contribution is -0.134. The molecule has 1 aromatic heterocycles. The predicted octanol–water partition coefficient (Wildman–Crippen LogP) is 4.31. The molecule has 6 nitrogen and oxygen atoms in total. The van der Waals surface area contributed by atoms with E-state index in [9.17, 15) is 4.79 Å².